The van der Waals surface area contributed by atoms with Crippen molar-refractivity contribution in [3.63, 3.8) is 0 Å². The van der Waals surface area contributed by atoms with E-state index in [9.17, 15) is 9.59 Å². The molecule has 2 heterocycles. The number of rotatable bonds is 9. The number of benzene rings is 2. The molecule has 0 spiro atoms. The van der Waals surface area contributed by atoms with Gasteiger partial charge in [-0.3, -0.25) is 9.59 Å². The molecular formula is C26H31N2O4+. The van der Waals surface area contributed by atoms with Crippen LogP contribution in [-0.4, -0.2) is 43.6 Å². The molecule has 0 bridgehead atoms. The van der Waals surface area contributed by atoms with Crippen LogP contribution in [0.1, 0.15) is 54.9 Å². The third-order valence-electron chi connectivity index (χ3n) is 6.31. The van der Waals surface area contributed by atoms with Gasteiger partial charge in [-0.25, -0.2) is 0 Å². The van der Waals surface area contributed by atoms with Gasteiger partial charge in [0.2, 0.25) is 5.76 Å². The van der Waals surface area contributed by atoms with Gasteiger partial charge in [0.1, 0.15) is 11.3 Å². The van der Waals surface area contributed by atoms with E-state index < -0.39 is 6.04 Å². The summed E-state index contributed by atoms with van der Waals surface area (Å²) in [4.78, 5) is 30.2. The first-order valence-electron chi connectivity index (χ1n) is 11.5. The summed E-state index contributed by atoms with van der Waals surface area (Å²) >= 11 is 0. The summed E-state index contributed by atoms with van der Waals surface area (Å²) in [6.07, 6.45) is 0.859. The molecule has 1 amide bonds. The molecule has 32 heavy (non-hydrogen) atoms. The van der Waals surface area contributed by atoms with Crippen molar-refractivity contribution in [3.8, 4) is 5.75 Å². The normalized spacial score (nSPS) is 15.6. The second kappa shape index (κ2) is 9.57. The Bertz CT molecular complexity index is 1150. The highest BCUT2D eigenvalue weighted by molar-refractivity contribution is 5.99. The van der Waals surface area contributed by atoms with E-state index in [1.807, 2.05) is 43.3 Å². The van der Waals surface area contributed by atoms with Gasteiger partial charge < -0.3 is 19.0 Å². The fraction of sp³-hybridized carbons (Fsp3) is 0.385. The number of ether oxygens (including phenoxy) is 1. The maximum atomic E-state index is 13.5. The lowest BCUT2D eigenvalue weighted by atomic mass is 9.98. The molecule has 168 valence electrons. The minimum absolute atomic E-state index is 0.133. The zero-order valence-electron chi connectivity index (χ0n) is 19.0. The van der Waals surface area contributed by atoms with E-state index in [2.05, 4.69) is 13.8 Å². The molecule has 0 saturated carbocycles. The van der Waals surface area contributed by atoms with Gasteiger partial charge in [-0.15, -0.1) is 0 Å². The van der Waals surface area contributed by atoms with Crippen molar-refractivity contribution in [2.75, 3.05) is 32.8 Å². The summed E-state index contributed by atoms with van der Waals surface area (Å²) in [5.41, 5.74) is 1.64. The smallest absolute Gasteiger partial charge is 0.290 e. The Balaban J connectivity index is 1.76. The summed E-state index contributed by atoms with van der Waals surface area (Å²) in [5.74, 6) is 0.724. The molecular weight excluding hydrogens is 404 g/mol. The van der Waals surface area contributed by atoms with Crippen LogP contribution in [0.3, 0.4) is 0 Å². The average molecular weight is 436 g/mol. The summed E-state index contributed by atoms with van der Waals surface area (Å²) < 4.78 is 11.6. The minimum Gasteiger partial charge on any atom is -0.494 e. The number of para-hydroxylation sites is 1. The minimum atomic E-state index is -0.458. The molecule has 0 saturated heterocycles. The van der Waals surface area contributed by atoms with Crippen molar-refractivity contribution >= 4 is 16.9 Å². The number of carbonyl (C=O) groups is 1. The zero-order chi connectivity index (χ0) is 22.7. The van der Waals surface area contributed by atoms with Gasteiger partial charge in [-0.2, -0.15) is 0 Å². The first-order valence-corrected chi connectivity index (χ1v) is 11.5. The number of amides is 1. The molecule has 1 N–H and O–H groups in total. The lowest BCUT2D eigenvalue weighted by Crippen LogP contribution is -3.11. The molecule has 2 aromatic carbocycles. The second-order valence-corrected chi connectivity index (χ2v) is 8.13. The van der Waals surface area contributed by atoms with Crippen molar-refractivity contribution in [1.82, 2.24) is 4.90 Å². The number of quaternary nitrogens is 1. The van der Waals surface area contributed by atoms with Crippen molar-refractivity contribution in [2.45, 2.75) is 33.2 Å². The van der Waals surface area contributed by atoms with Gasteiger partial charge >= 0.3 is 0 Å². The van der Waals surface area contributed by atoms with Gasteiger partial charge in [0.05, 0.1) is 43.2 Å². The molecule has 1 aliphatic rings. The summed E-state index contributed by atoms with van der Waals surface area (Å²) in [6.45, 7) is 10.5. The van der Waals surface area contributed by atoms with E-state index >= 15 is 0 Å². The Morgan fingerprint density at radius 1 is 1.00 bits per heavy atom. The van der Waals surface area contributed by atoms with E-state index in [0.29, 0.717) is 29.7 Å². The quantitative estimate of drug-likeness (QED) is 0.561. The monoisotopic (exact) mass is 435 g/mol. The van der Waals surface area contributed by atoms with Gasteiger partial charge in [-0.1, -0.05) is 24.3 Å². The second-order valence-electron chi connectivity index (χ2n) is 8.13. The summed E-state index contributed by atoms with van der Waals surface area (Å²) in [5, 5.41) is 0.504. The fourth-order valence-electron chi connectivity index (χ4n) is 4.56. The molecule has 0 fully saturated rings. The largest absolute Gasteiger partial charge is 0.494 e. The van der Waals surface area contributed by atoms with E-state index in [0.717, 1.165) is 37.4 Å². The molecule has 0 radical (unpaired) electrons. The first kappa shape index (κ1) is 22.1. The molecule has 6 nitrogen and oxygen atoms in total. The third kappa shape index (κ3) is 4.02. The number of carbonyl (C=O) groups excluding carboxylic acids is 1. The zero-order valence-corrected chi connectivity index (χ0v) is 19.0. The maximum Gasteiger partial charge on any atom is 0.290 e. The van der Waals surface area contributed by atoms with Crippen LogP contribution in [-0.2, 0) is 0 Å². The Labute approximate surface area is 188 Å². The predicted molar refractivity (Wildman–Crippen MR) is 125 cm³/mol. The molecule has 6 heteroatoms. The Morgan fingerprint density at radius 3 is 2.41 bits per heavy atom. The fourth-order valence-corrected chi connectivity index (χ4v) is 4.56. The van der Waals surface area contributed by atoms with Crippen molar-refractivity contribution in [1.29, 1.82) is 0 Å². The molecule has 4 rings (SSSR count). The molecule has 1 atom stereocenters. The number of nitrogens with one attached hydrogen (secondary N) is 1. The Kier molecular flexibility index (Phi) is 6.61. The lowest BCUT2D eigenvalue weighted by Gasteiger charge is -2.26. The summed E-state index contributed by atoms with van der Waals surface area (Å²) in [6, 6.07) is 14.3. The predicted octanol–water partition coefficient (Wildman–Crippen LogP) is 3.05. The maximum absolute atomic E-state index is 13.5. The van der Waals surface area contributed by atoms with E-state index in [4.69, 9.17) is 9.15 Å². The van der Waals surface area contributed by atoms with Gasteiger partial charge in [0.25, 0.3) is 5.91 Å². The molecule has 0 unspecified atom stereocenters. The van der Waals surface area contributed by atoms with E-state index in [-0.39, 0.29) is 17.1 Å². The van der Waals surface area contributed by atoms with Gasteiger partial charge in [-0.05, 0) is 50.6 Å². The van der Waals surface area contributed by atoms with Crippen LogP contribution >= 0.6 is 0 Å². The topological polar surface area (TPSA) is 64.2 Å². The number of hydrogen-bond acceptors (Lipinski definition) is 4. The van der Waals surface area contributed by atoms with Crippen LogP contribution in [0.25, 0.3) is 11.0 Å². The standard InChI is InChI=1S/C26H30N2O4/c1-4-27(5-2)16-9-17-28-23(18-12-14-19(15-13-18)31-6-3)22-24(29)20-10-7-8-11-21(20)32-25(22)26(28)30/h7-8,10-15,23H,4-6,9,16-17H2,1-3H3/p+1/t23-/m0/s1. The number of nitrogens with zero attached hydrogens (tertiary/aromatic N) is 1. The van der Waals surface area contributed by atoms with Crippen molar-refractivity contribution < 1.29 is 18.8 Å². The SMILES string of the molecule is CCOc1ccc([C@H]2c3c(oc4ccccc4c3=O)C(=O)N2CCC[NH+](CC)CC)cc1. The van der Waals surface area contributed by atoms with Crippen LogP contribution < -0.4 is 15.1 Å². The highest BCUT2D eigenvalue weighted by atomic mass is 16.5. The average Bonchev–Trinajstić information content (AvgIpc) is 3.09. The van der Waals surface area contributed by atoms with Crippen molar-refractivity contribution in [2.24, 2.45) is 0 Å². The number of hydrogen-bond donors (Lipinski definition) is 1. The van der Waals surface area contributed by atoms with Crippen LogP contribution in [0.2, 0.25) is 0 Å². The van der Waals surface area contributed by atoms with Gasteiger partial charge in [0, 0.05) is 13.0 Å². The Hall–Kier alpha value is -3.12. The molecule has 1 aliphatic heterocycles. The molecule has 0 aliphatic carbocycles. The molecule has 1 aromatic heterocycles. The van der Waals surface area contributed by atoms with Crippen LogP contribution in [0.5, 0.6) is 5.75 Å². The van der Waals surface area contributed by atoms with E-state index in [1.54, 1.807) is 17.0 Å². The first-order chi connectivity index (χ1) is 15.6. The highest BCUT2D eigenvalue weighted by Gasteiger charge is 2.42. The highest BCUT2D eigenvalue weighted by Crippen LogP contribution is 2.38. The Morgan fingerprint density at radius 2 is 1.72 bits per heavy atom. The van der Waals surface area contributed by atoms with Crippen LogP contribution in [0, 0.1) is 0 Å². The van der Waals surface area contributed by atoms with E-state index in [1.165, 1.54) is 4.90 Å². The lowest BCUT2D eigenvalue weighted by molar-refractivity contribution is -0.896. The van der Waals surface area contributed by atoms with Gasteiger partial charge in [0.15, 0.2) is 5.43 Å². The number of fused-ring (bicyclic) bond motifs is 2. The molecule has 3 aromatic rings. The third-order valence-corrected chi connectivity index (χ3v) is 6.31. The van der Waals surface area contributed by atoms with Crippen LogP contribution in [0.15, 0.2) is 57.7 Å². The summed E-state index contributed by atoms with van der Waals surface area (Å²) in [7, 11) is 0. The van der Waals surface area contributed by atoms with Crippen LogP contribution in [0.4, 0.5) is 0 Å². The van der Waals surface area contributed by atoms with Crippen molar-refractivity contribution in [3.05, 3.63) is 75.6 Å².